The molecule has 1 amide bonds. The van der Waals surface area contributed by atoms with E-state index in [9.17, 15) is 22.8 Å². The third-order valence-electron chi connectivity index (χ3n) is 3.48. The lowest BCUT2D eigenvalue weighted by molar-refractivity contribution is -0.184. The van der Waals surface area contributed by atoms with Crippen LogP contribution in [0.5, 0.6) is 0 Å². The van der Waals surface area contributed by atoms with Crippen LogP contribution in [0.15, 0.2) is 60.7 Å². The first-order valence-electron chi connectivity index (χ1n) is 7.60. The van der Waals surface area contributed by atoms with Crippen molar-refractivity contribution in [2.45, 2.75) is 18.8 Å². The van der Waals surface area contributed by atoms with Gasteiger partial charge in [-0.1, -0.05) is 60.7 Å². The van der Waals surface area contributed by atoms with Crippen molar-refractivity contribution in [2.24, 2.45) is 0 Å². The summed E-state index contributed by atoms with van der Waals surface area (Å²) in [4.78, 5) is 23.5. The molecule has 5 nitrogen and oxygen atoms in total. The fourth-order valence-corrected chi connectivity index (χ4v) is 2.39. The van der Waals surface area contributed by atoms with Crippen molar-refractivity contribution < 1.29 is 32.6 Å². The molecule has 2 aromatic carbocycles. The van der Waals surface area contributed by atoms with Crippen LogP contribution in [0.4, 0.5) is 18.0 Å². The quantitative estimate of drug-likeness (QED) is 0.838. The molecule has 1 unspecified atom stereocenters. The predicted molar refractivity (Wildman–Crippen MR) is 86.2 cm³/mol. The number of nitrogens with zero attached hydrogens (tertiary/aromatic N) is 1. The van der Waals surface area contributed by atoms with E-state index in [-0.39, 0.29) is 17.1 Å². The average Bonchev–Trinajstić information content (AvgIpc) is 2.59. The summed E-state index contributed by atoms with van der Waals surface area (Å²) in [6, 6.07) is 12.6. The summed E-state index contributed by atoms with van der Waals surface area (Å²) in [5.41, 5.74) is 0.317. The molecular weight excluding hydrogens is 351 g/mol. The van der Waals surface area contributed by atoms with Crippen LogP contribution >= 0.6 is 0 Å². The Hall–Kier alpha value is -3.03. The lowest BCUT2D eigenvalue weighted by atomic mass is 10.1. The SMILES string of the molecule is O=C(O)CN(C(=O)OCc1ccccc1)C(c1ccccc1)C(F)(F)F. The molecule has 0 saturated carbocycles. The molecular formula is C18H16F3NO4. The zero-order valence-electron chi connectivity index (χ0n) is 13.5. The first-order chi connectivity index (χ1) is 12.3. The van der Waals surface area contributed by atoms with Gasteiger partial charge in [0.15, 0.2) is 6.04 Å². The number of alkyl halides is 3. The summed E-state index contributed by atoms with van der Waals surface area (Å²) < 4.78 is 45.7. The average molecular weight is 367 g/mol. The monoisotopic (exact) mass is 367 g/mol. The van der Waals surface area contributed by atoms with Gasteiger partial charge < -0.3 is 9.84 Å². The number of amides is 1. The maximum absolute atomic E-state index is 13.6. The maximum Gasteiger partial charge on any atom is 0.413 e. The highest BCUT2D eigenvalue weighted by molar-refractivity contribution is 5.77. The summed E-state index contributed by atoms with van der Waals surface area (Å²) in [5, 5.41) is 8.96. The van der Waals surface area contributed by atoms with E-state index in [1.54, 1.807) is 30.3 Å². The normalized spacial score (nSPS) is 12.3. The molecule has 0 fully saturated rings. The van der Waals surface area contributed by atoms with Gasteiger partial charge in [-0.05, 0) is 11.1 Å². The Kier molecular flexibility index (Phi) is 6.21. The van der Waals surface area contributed by atoms with Gasteiger partial charge in [-0.3, -0.25) is 9.69 Å². The Morgan fingerprint density at radius 1 is 1.00 bits per heavy atom. The van der Waals surface area contributed by atoms with E-state index in [0.717, 1.165) is 0 Å². The summed E-state index contributed by atoms with van der Waals surface area (Å²) in [7, 11) is 0. The number of carbonyl (C=O) groups excluding carboxylic acids is 1. The smallest absolute Gasteiger partial charge is 0.413 e. The molecule has 0 aromatic heterocycles. The largest absolute Gasteiger partial charge is 0.480 e. The molecule has 0 heterocycles. The minimum absolute atomic E-state index is 0.167. The van der Waals surface area contributed by atoms with Crippen LogP contribution in [0.3, 0.4) is 0 Å². The second kappa shape index (κ2) is 8.37. The van der Waals surface area contributed by atoms with Crippen LogP contribution in [-0.4, -0.2) is 34.8 Å². The molecule has 0 aliphatic carbocycles. The molecule has 0 aliphatic heterocycles. The first-order valence-corrected chi connectivity index (χ1v) is 7.60. The number of hydrogen-bond donors (Lipinski definition) is 1. The number of ether oxygens (including phenoxy) is 1. The number of halogens is 3. The van der Waals surface area contributed by atoms with Gasteiger partial charge in [0, 0.05) is 0 Å². The van der Waals surface area contributed by atoms with Crippen molar-refractivity contribution in [3.63, 3.8) is 0 Å². The van der Waals surface area contributed by atoms with Crippen molar-refractivity contribution in [1.82, 2.24) is 4.90 Å². The van der Waals surface area contributed by atoms with E-state index < -0.39 is 30.8 Å². The van der Waals surface area contributed by atoms with E-state index in [1.165, 1.54) is 30.3 Å². The zero-order chi connectivity index (χ0) is 19.2. The van der Waals surface area contributed by atoms with Gasteiger partial charge in [0.1, 0.15) is 13.2 Å². The Balaban J connectivity index is 2.27. The minimum atomic E-state index is -4.87. The summed E-state index contributed by atoms with van der Waals surface area (Å²) in [6.07, 6.45) is -6.23. The van der Waals surface area contributed by atoms with Gasteiger partial charge in [-0.2, -0.15) is 13.2 Å². The molecule has 0 radical (unpaired) electrons. The number of carboxylic acids is 1. The molecule has 0 spiro atoms. The topological polar surface area (TPSA) is 66.8 Å². The molecule has 0 aliphatic rings. The third-order valence-corrected chi connectivity index (χ3v) is 3.48. The van der Waals surface area contributed by atoms with Crippen LogP contribution in [0.2, 0.25) is 0 Å². The predicted octanol–water partition coefficient (Wildman–Crippen LogP) is 4.01. The summed E-state index contributed by atoms with van der Waals surface area (Å²) >= 11 is 0. The number of carboxylic acid groups (broad SMARTS) is 1. The molecule has 26 heavy (non-hydrogen) atoms. The van der Waals surface area contributed by atoms with Crippen LogP contribution in [0.25, 0.3) is 0 Å². The van der Waals surface area contributed by atoms with E-state index in [0.29, 0.717) is 5.56 Å². The number of aliphatic carboxylic acids is 1. The van der Waals surface area contributed by atoms with E-state index in [2.05, 4.69) is 0 Å². The van der Waals surface area contributed by atoms with Gasteiger partial charge in [0.2, 0.25) is 0 Å². The Bertz CT molecular complexity index is 735. The fourth-order valence-electron chi connectivity index (χ4n) is 2.39. The van der Waals surface area contributed by atoms with Gasteiger partial charge in [0.05, 0.1) is 0 Å². The lowest BCUT2D eigenvalue weighted by Crippen LogP contribution is -2.45. The van der Waals surface area contributed by atoms with Crippen molar-refractivity contribution in [2.75, 3.05) is 6.54 Å². The number of carbonyl (C=O) groups is 2. The fraction of sp³-hybridized carbons (Fsp3) is 0.222. The molecule has 138 valence electrons. The highest BCUT2D eigenvalue weighted by Gasteiger charge is 2.47. The van der Waals surface area contributed by atoms with E-state index in [1.807, 2.05) is 0 Å². The van der Waals surface area contributed by atoms with Crippen molar-refractivity contribution in [3.8, 4) is 0 Å². The van der Waals surface area contributed by atoms with E-state index in [4.69, 9.17) is 9.84 Å². The van der Waals surface area contributed by atoms with Crippen LogP contribution < -0.4 is 0 Å². The number of benzene rings is 2. The Morgan fingerprint density at radius 3 is 2.04 bits per heavy atom. The van der Waals surface area contributed by atoms with Crippen LogP contribution in [0.1, 0.15) is 17.2 Å². The maximum atomic E-state index is 13.6. The van der Waals surface area contributed by atoms with Crippen LogP contribution in [-0.2, 0) is 16.1 Å². The van der Waals surface area contributed by atoms with Gasteiger partial charge in [-0.25, -0.2) is 4.79 Å². The van der Waals surface area contributed by atoms with Crippen LogP contribution in [0, 0.1) is 0 Å². The molecule has 2 rings (SSSR count). The molecule has 0 saturated heterocycles. The Morgan fingerprint density at radius 2 is 1.54 bits per heavy atom. The van der Waals surface area contributed by atoms with Crippen molar-refractivity contribution >= 4 is 12.1 Å². The highest BCUT2D eigenvalue weighted by Crippen LogP contribution is 2.38. The first kappa shape index (κ1) is 19.3. The molecule has 2 aromatic rings. The molecule has 0 bridgehead atoms. The van der Waals surface area contributed by atoms with Gasteiger partial charge in [-0.15, -0.1) is 0 Å². The highest BCUT2D eigenvalue weighted by atomic mass is 19.4. The molecule has 8 heteroatoms. The minimum Gasteiger partial charge on any atom is -0.480 e. The molecule has 1 N–H and O–H groups in total. The number of rotatable bonds is 6. The Labute approximate surface area is 147 Å². The van der Waals surface area contributed by atoms with Crippen molar-refractivity contribution in [1.29, 1.82) is 0 Å². The zero-order valence-corrected chi connectivity index (χ0v) is 13.5. The standard InChI is InChI=1S/C18H16F3NO4/c19-18(20,21)16(14-9-5-2-6-10-14)22(11-15(23)24)17(25)26-12-13-7-3-1-4-8-13/h1-10,16H,11-12H2,(H,23,24). The summed E-state index contributed by atoms with van der Waals surface area (Å²) in [6.45, 7) is -1.41. The second-order valence-electron chi connectivity index (χ2n) is 5.42. The van der Waals surface area contributed by atoms with Gasteiger partial charge in [0.25, 0.3) is 0 Å². The molecule has 1 atom stereocenters. The summed E-state index contributed by atoms with van der Waals surface area (Å²) in [5.74, 6) is -1.58. The lowest BCUT2D eigenvalue weighted by Gasteiger charge is -2.31. The van der Waals surface area contributed by atoms with Crippen molar-refractivity contribution in [3.05, 3.63) is 71.8 Å². The van der Waals surface area contributed by atoms with E-state index >= 15 is 0 Å². The second-order valence-corrected chi connectivity index (χ2v) is 5.42. The third kappa shape index (κ3) is 5.23. The van der Waals surface area contributed by atoms with Gasteiger partial charge >= 0.3 is 18.2 Å². The number of hydrogen-bond acceptors (Lipinski definition) is 3.